The molecule has 0 spiro atoms. The summed E-state index contributed by atoms with van der Waals surface area (Å²) in [5.41, 5.74) is 0. The molecule has 0 aromatic rings. The fourth-order valence-corrected chi connectivity index (χ4v) is 2.01. The highest BCUT2D eigenvalue weighted by Gasteiger charge is 2.96. The zero-order valence-corrected chi connectivity index (χ0v) is 17.4. The van der Waals surface area contributed by atoms with Crippen LogP contribution in [0.1, 0.15) is 6.92 Å². The zero-order valence-electron chi connectivity index (χ0n) is 16.5. The number of carbonyl (C=O) groups is 1. The second kappa shape index (κ2) is 10.0. The molecular weight excluding hydrogens is 589 g/mol. The third-order valence-corrected chi connectivity index (χ3v) is 4.47. The molecule has 0 aliphatic rings. The van der Waals surface area contributed by atoms with Gasteiger partial charge in [-0.15, -0.1) is 0 Å². The van der Waals surface area contributed by atoms with Gasteiger partial charge in [0.1, 0.15) is 0 Å². The Morgan fingerprint density at radius 1 is 0.694 bits per heavy atom. The number of esters is 1. The van der Waals surface area contributed by atoms with Crippen LogP contribution in [0.3, 0.4) is 0 Å². The minimum atomic E-state index is -8.84. The Hall–Kier alpha value is -2.07. The first-order valence-electron chi connectivity index (χ1n) is 7.84. The van der Waals surface area contributed by atoms with Crippen molar-refractivity contribution in [1.82, 2.24) is 0 Å². The summed E-state index contributed by atoms with van der Waals surface area (Å²) in [6.07, 6.45) is -6.72. The lowest BCUT2D eigenvalue weighted by molar-refractivity contribution is -0.458. The summed E-state index contributed by atoms with van der Waals surface area (Å²) < 4.78 is 241. The molecule has 23 heteroatoms. The molecule has 0 atom stereocenters. The SMILES string of the molecule is C=CC(=O)OCC.NS(=O)(=O)C(F)(F)C(F)(F)C(F)(F)C(F)(F)C(F)(F)C(F)(F)C(F)(F)C(F)(F)F. The molecule has 5 nitrogen and oxygen atoms in total. The fraction of sp³-hybridized carbons (Fsp3) is 0.769. The van der Waals surface area contributed by atoms with Gasteiger partial charge < -0.3 is 4.74 Å². The van der Waals surface area contributed by atoms with Gasteiger partial charge in [-0.3, -0.25) is 0 Å². The highest BCUT2D eigenvalue weighted by Crippen LogP contribution is 2.64. The summed E-state index contributed by atoms with van der Waals surface area (Å²) in [7, 11) is -7.39. The number of hydrogen-bond donors (Lipinski definition) is 1. The molecule has 0 heterocycles. The lowest BCUT2D eigenvalue weighted by atomic mass is 9.91. The van der Waals surface area contributed by atoms with Crippen LogP contribution in [0.15, 0.2) is 12.7 Å². The van der Waals surface area contributed by atoms with Crippen molar-refractivity contribution in [3.05, 3.63) is 12.7 Å². The zero-order chi connectivity index (χ0) is 30.2. The summed E-state index contributed by atoms with van der Waals surface area (Å²) in [6.45, 7) is 5.38. The van der Waals surface area contributed by atoms with E-state index in [2.05, 4.69) is 16.5 Å². The molecule has 0 amide bonds. The van der Waals surface area contributed by atoms with E-state index in [1.165, 1.54) is 0 Å². The van der Waals surface area contributed by atoms with Gasteiger partial charge in [-0.2, -0.15) is 74.6 Å². The van der Waals surface area contributed by atoms with Gasteiger partial charge in [0.15, 0.2) is 0 Å². The van der Waals surface area contributed by atoms with Gasteiger partial charge in [-0.05, 0) is 6.92 Å². The van der Waals surface area contributed by atoms with Crippen LogP contribution in [0.2, 0.25) is 0 Å². The van der Waals surface area contributed by atoms with E-state index in [-0.39, 0.29) is 5.97 Å². The molecule has 0 aliphatic heterocycles. The smallest absolute Gasteiger partial charge is 0.460 e. The number of rotatable bonds is 9. The average molecular weight is 599 g/mol. The van der Waals surface area contributed by atoms with E-state index >= 15 is 0 Å². The Labute approximate surface area is 188 Å². The van der Waals surface area contributed by atoms with Crippen LogP contribution in [-0.4, -0.2) is 68.0 Å². The van der Waals surface area contributed by atoms with E-state index in [0.717, 1.165) is 6.08 Å². The van der Waals surface area contributed by atoms with Gasteiger partial charge in [0.25, 0.3) is 10.0 Å². The van der Waals surface area contributed by atoms with Gasteiger partial charge >= 0.3 is 52.9 Å². The van der Waals surface area contributed by atoms with Crippen molar-refractivity contribution in [1.29, 1.82) is 0 Å². The van der Waals surface area contributed by atoms with Gasteiger partial charge in [0.2, 0.25) is 0 Å². The second-order valence-electron chi connectivity index (χ2n) is 5.96. The third kappa shape index (κ3) is 5.44. The molecule has 0 aromatic heterocycles. The molecule has 0 saturated heterocycles. The van der Waals surface area contributed by atoms with Gasteiger partial charge in [0, 0.05) is 6.08 Å². The second-order valence-corrected chi connectivity index (χ2v) is 7.56. The van der Waals surface area contributed by atoms with E-state index in [9.17, 15) is 87.8 Å². The standard InChI is InChI=1S/C8H2F17NO2S.C5H8O2/c9-1(10,3(13,14)5(17,18)7(21,22)23)2(11,12)4(15,16)6(19,20)8(24,25)29(26,27)28;1-3-5(6)7-4-2/h(H2,26,27,28);3H,1,4H2,2H3. The number of carbonyl (C=O) groups excluding carboxylic acids is 1. The van der Waals surface area contributed by atoms with Crippen molar-refractivity contribution < 1.29 is 92.6 Å². The van der Waals surface area contributed by atoms with Crippen LogP contribution in [0.25, 0.3) is 0 Å². The molecule has 0 saturated carbocycles. The number of primary sulfonamides is 1. The predicted octanol–water partition coefficient (Wildman–Crippen LogP) is 4.98. The lowest BCUT2D eigenvalue weighted by Crippen LogP contribution is -2.75. The Balaban J connectivity index is 0. The minimum Gasteiger partial charge on any atom is -0.463 e. The lowest BCUT2D eigenvalue weighted by Gasteiger charge is -2.42. The number of alkyl halides is 17. The van der Waals surface area contributed by atoms with Gasteiger partial charge in [-0.1, -0.05) is 6.58 Å². The average Bonchev–Trinajstić information content (AvgIpc) is 2.65. The molecule has 216 valence electrons. The van der Waals surface area contributed by atoms with E-state index in [1.807, 2.05) is 0 Å². The maximum absolute atomic E-state index is 13.1. The summed E-state index contributed by atoms with van der Waals surface area (Å²) in [5, 5.41) is -4.30. The van der Waals surface area contributed by atoms with E-state index in [4.69, 9.17) is 0 Å². The van der Waals surface area contributed by atoms with Crippen molar-refractivity contribution in [2.45, 2.75) is 53.9 Å². The Morgan fingerprint density at radius 3 is 1.17 bits per heavy atom. The highest BCUT2D eigenvalue weighted by atomic mass is 32.2. The van der Waals surface area contributed by atoms with E-state index in [1.54, 1.807) is 6.92 Å². The number of halogens is 17. The highest BCUT2D eigenvalue weighted by molar-refractivity contribution is 7.90. The van der Waals surface area contributed by atoms with Crippen LogP contribution in [0.4, 0.5) is 74.6 Å². The van der Waals surface area contributed by atoms with Gasteiger partial charge in [-0.25, -0.2) is 18.4 Å². The number of hydrogen-bond acceptors (Lipinski definition) is 4. The van der Waals surface area contributed by atoms with Gasteiger partial charge in [0.05, 0.1) is 6.61 Å². The van der Waals surface area contributed by atoms with Crippen LogP contribution in [0.5, 0.6) is 0 Å². The topological polar surface area (TPSA) is 86.5 Å². The number of ether oxygens (including phenoxy) is 1. The summed E-state index contributed by atoms with van der Waals surface area (Å²) in [4.78, 5) is 10.1. The van der Waals surface area contributed by atoms with Crippen molar-refractivity contribution in [3.8, 4) is 0 Å². The quantitative estimate of drug-likeness (QED) is 0.230. The molecule has 2 N–H and O–H groups in total. The first kappa shape index (κ1) is 36.1. The molecule has 0 unspecified atom stereocenters. The largest absolute Gasteiger partial charge is 0.463 e. The molecule has 0 radical (unpaired) electrons. The maximum atomic E-state index is 13.1. The summed E-state index contributed by atoms with van der Waals surface area (Å²) in [6, 6.07) is 0. The van der Waals surface area contributed by atoms with Crippen LogP contribution >= 0.6 is 0 Å². The molecule has 0 bridgehead atoms. The Bertz CT molecular complexity index is 910. The molecule has 36 heavy (non-hydrogen) atoms. The van der Waals surface area contributed by atoms with Crippen LogP contribution in [0, 0.1) is 0 Å². The number of sulfonamides is 1. The molecule has 0 rings (SSSR count). The summed E-state index contributed by atoms with van der Waals surface area (Å²) >= 11 is 0. The first-order chi connectivity index (χ1) is 15.3. The summed E-state index contributed by atoms with van der Waals surface area (Å²) in [5.74, 6) is -52.0. The molecule has 0 aromatic carbocycles. The fourth-order valence-electron chi connectivity index (χ4n) is 1.53. The monoisotopic (exact) mass is 599 g/mol. The third-order valence-electron chi connectivity index (χ3n) is 3.50. The minimum absolute atomic E-state index is 0.359. The normalized spacial score (nSPS) is 15.1. The maximum Gasteiger partial charge on any atom is 0.460 e. The first-order valence-corrected chi connectivity index (χ1v) is 9.38. The van der Waals surface area contributed by atoms with Crippen LogP contribution < -0.4 is 5.14 Å². The van der Waals surface area contributed by atoms with E-state index in [0.29, 0.717) is 6.61 Å². The predicted molar refractivity (Wildman–Crippen MR) is 80.6 cm³/mol. The number of nitrogens with two attached hydrogens (primary N) is 1. The van der Waals surface area contributed by atoms with E-state index < -0.39 is 57.0 Å². The molecule has 0 fully saturated rings. The molecular formula is C13H10F17NO4S. The Kier molecular flexibility index (Phi) is 10.0. The van der Waals surface area contributed by atoms with Crippen molar-refractivity contribution >= 4 is 16.0 Å². The van der Waals surface area contributed by atoms with Crippen molar-refractivity contribution in [2.24, 2.45) is 5.14 Å². The van der Waals surface area contributed by atoms with Crippen LogP contribution in [-0.2, 0) is 19.6 Å². The van der Waals surface area contributed by atoms with Crippen molar-refractivity contribution in [2.75, 3.05) is 6.61 Å². The van der Waals surface area contributed by atoms with Crippen molar-refractivity contribution in [3.63, 3.8) is 0 Å². The Morgan fingerprint density at radius 2 is 0.972 bits per heavy atom. The molecule has 0 aliphatic carbocycles.